The molecule has 0 aliphatic carbocycles. The zero-order chi connectivity index (χ0) is 17.9. The lowest BCUT2D eigenvalue weighted by molar-refractivity contribution is -0.385. The van der Waals surface area contributed by atoms with Crippen LogP contribution in [0.3, 0.4) is 0 Å². The van der Waals surface area contributed by atoms with Gasteiger partial charge in [-0.05, 0) is 13.0 Å². The molecule has 1 aromatic carbocycles. The number of nitro benzene ring substituents is 1. The van der Waals surface area contributed by atoms with Gasteiger partial charge in [0.05, 0.1) is 16.8 Å². The lowest BCUT2D eigenvalue weighted by Crippen LogP contribution is -2.26. The van der Waals surface area contributed by atoms with E-state index in [4.69, 9.17) is 0 Å². The highest BCUT2D eigenvalue weighted by molar-refractivity contribution is 6.10. The van der Waals surface area contributed by atoms with Crippen molar-refractivity contribution >= 4 is 23.2 Å². The molecule has 0 saturated heterocycles. The molecule has 126 valence electrons. The van der Waals surface area contributed by atoms with Gasteiger partial charge in [0.2, 0.25) is 0 Å². The van der Waals surface area contributed by atoms with Crippen molar-refractivity contribution < 1.29 is 14.5 Å². The number of anilines is 1. The maximum absolute atomic E-state index is 12.4. The number of aromatic nitrogens is 2. The topological polar surface area (TPSA) is 110 Å². The fourth-order valence-electron chi connectivity index (χ4n) is 2.17. The number of nitrogens with one attached hydrogen (secondary N) is 1. The van der Waals surface area contributed by atoms with Crippen LogP contribution in [0, 0.1) is 10.1 Å². The lowest BCUT2D eigenvalue weighted by atomic mass is 10.1. The quantitative estimate of drug-likeness (QED) is 0.663. The molecule has 9 heteroatoms. The first-order valence-corrected chi connectivity index (χ1v) is 7.19. The Bertz CT molecular complexity index is 797. The first-order chi connectivity index (χ1) is 11.4. The molecular weight excluding hydrogens is 314 g/mol. The van der Waals surface area contributed by atoms with Gasteiger partial charge in [-0.25, -0.2) is 0 Å². The minimum atomic E-state index is -0.675. The van der Waals surface area contributed by atoms with Gasteiger partial charge < -0.3 is 10.2 Å². The molecule has 0 atom stereocenters. The molecule has 2 rings (SSSR count). The second-order valence-corrected chi connectivity index (χ2v) is 5.15. The Labute approximate surface area is 138 Å². The van der Waals surface area contributed by atoms with Gasteiger partial charge in [-0.15, -0.1) is 0 Å². The van der Waals surface area contributed by atoms with E-state index in [1.54, 1.807) is 14.1 Å². The molecule has 9 nitrogen and oxygen atoms in total. The number of amides is 2. The van der Waals surface area contributed by atoms with Crippen molar-refractivity contribution in [1.82, 2.24) is 14.7 Å². The molecule has 0 radical (unpaired) electrons. The van der Waals surface area contributed by atoms with Crippen LogP contribution in [0.5, 0.6) is 0 Å². The Hall–Kier alpha value is -3.23. The smallest absolute Gasteiger partial charge is 0.282 e. The maximum Gasteiger partial charge on any atom is 0.282 e. The van der Waals surface area contributed by atoms with E-state index in [0.29, 0.717) is 6.54 Å². The first kappa shape index (κ1) is 17.1. The van der Waals surface area contributed by atoms with Crippen LogP contribution in [-0.4, -0.2) is 45.5 Å². The zero-order valence-electron chi connectivity index (χ0n) is 13.5. The van der Waals surface area contributed by atoms with Gasteiger partial charge in [0.1, 0.15) is 11.3 Å². The van der Waals surface area contributed by atoms with E-state index in [1.807, 2.05) is 6.92 Å². The average molecular weight is 331 g/mol. The van der Waals surface area contributed by atoms with Gasteiger partial charge in [0.15, 0.2) is 0 Å². The third kappa shape index (κ3) is 3.24. The molecule has 2 amide bonds. The van der Waals surface area contributed by atoms with E-state index in [1.165, 1.54) is 40.0 Å². The van der Waals surface area contributed by atoms with Crippen LogP contribution in [0.25, 0.3) is 0 Å². The van der Waals surface area contributed by atoms with Gasteiger partial charge >= 0.3 is 0 Å². The Morgan fingerprint density at radius 2 is 2.00 bits per heavy atom. The Kier molecular flexibility index (Phi) is 4.93. The molecule has 0 aliphatic rings. The fraction of sp³-hybridized carbons (Fsp3) is 0.267. The van der Waals surface area contributed by atoms with E-state index in [9.17, 15) is 19.7 Å². The standard InChI is InChI=1S/C15H17N5O4/c1-4-19-13(15(22)18(2)3)11(9-16-19)17-14(21)10-7-5-6-8-12(10)20(23)24/h5-9H,4H2,1-3H3,(H,17,21). The Morgan fingerprint density at radius 3 is 2.58 bits per heavy atom. The predicted octanol–water partition coefficient (Wildman–Crippen LogP) is 1.77. The minimum Gasteiger partial charge on any atom is -0.343 e. The van der Waals surface area contributed by atoms with Gasteiger partial charge in [0, 0.05) is 26.7 Å². The van der Waals surface area contributed by atoms with Crippen molar-refractivity contribution in [2.24, 2.45) is 0 Å². The van der Waals surface area contributed by atoms with E-state index in [2.05, 4.69) is 10.4 Å². The van der Waals surface area contributed by atoms with Crippen molar-refractivity contribution in [3.63, 3.8) is 0 Å². The third-order valence-electron chi connectivity index (χ3n) is 3.34. The van der Waals surface area contributed by atoms with E-state index >= 15 is 0 Å². The first-order valence-electron chi connectivity index (χ1n) is 7.19. The van der Waals surface area contributed by atoms with Crippen molar-refractivity contribution in [2.45, 2.75) is 13.5 Å². The van der Waals surface area contributed by atoms with Crippen LogP contribution in [-0.2, 0) is 6.54 Å². The van der Waals surface area contributed by atoms with Crippen LogP contribution < -0.4 is 5.32 Å². The number of para-hydroxylation sites is 1. The van der Waals surface area contributed by atoms with Crippen LogP contribution in [0.2, 0.25) is 0 Å². The summed E-state index contributed by atoms with van der Waals surface area (Å²) < 4.78 is 1.46. The molecule has 0 fully saturated rings. The van der Waals surface area contributed by atoms with Gasteiger partial charge in [0.25, 0.3) is 17.5 Å². The summed E-state index contributed by atoms with van der Waals surface area (Å²) in [7, 11) is 3.17. The van der Waals surface area contributed by atoms with Crippen molar-refractivity contribution in [3.05, 3.63) is 51.8 Å². The average Bonchev–Trinajstić information content (AvgIpc) is 2.96. The second-order valence-electron chi connectivity index (χ2n) is 5.15. The number of hydrogen-bond acceptors (Lipinski definition) is 5. The summed E-state index contributed by atoms with van der Waals surface area (Å²) in [5, 5.41) is 17.6. The largest absolute Gasteiger partial charge is 0.343 e. The Morgan fingerprint density at radius 1 is 1.33 bits per heavy atom. The van der Waals surface area contributed by atoms with Gasteiger partial charge in [-0.1, -0.05) is 12.1 Å². The number of carbonyl (C=O) groups excluding carboxylic acids is 2. The van der Waals surface area contributed by atoms with Crippen molar-refractivity contribution in [3.8, 4) is 0 Å². The van der Waals surface area contributed by atoms with Gasteiger partial charge in [-0.3, -0.25) is 24.4 Å². The number of carbonyl (C=O) groups is 2. The molecular formula is C15H17N5O4. The molecule has 1 aromatic heterocycles. The van der Waals surface area contributed by atoms with Crippen LogP contribution in [0.1, 0.15) is 27.8 Å². The van der Waals surface area contributed by atoms with E-state index < -0.39 is 10.8 Å². The lowest BCUT2D eigenvalue weighted by Gasteiger charge is -2.13. The Balaban J connectivity index is 2.39. The van der Waals surface area contributed by atoms with Crippen molar-refractivity contribution in [2.75, 3.05) is 19.4 Å². The molecule has 1 N–H and O–H groups in total. The van der Waals surface area contributed by atoms with Crippen LogP contribution >= 0.6 is 0 Å². The summed E-state index contributed by atoms with van der Waals surface area (Å²) in [6.07, 6.45) is 1.35. The molecule has 1 heterocycles. The monoisotopic (exact) mass is 331 g/mol. The summed E-state index contributed by atoms with van der Waals surface area (Å²) in [5.74, 6) is -1.00. The zero-order valence-corrected chi connectivity index (χ0v) is 13.5. The molecule has 0 saturated carbocycles. The fourth-order valence-corrected chi connectivity index (χ4v) is 2.17. The highest BCUT2D eigenvalue weighted by Crippen LogP contribution is 2.22. The maximum atomic E-state index is 12.4. The molecule has 2 aromatic rings. The highest BCUT2D eigenvalue weighted by atomic mass is 16.6. The van der Waals surface area contributed by atoms with E-state index in [0.717, 1.165) is 0 Å². The molecule has 0 bridgehead atoms. The summed E-state index contributed by atoms with van der Waals surface area (Å²) in [6.45, 7) is 2.25. The minimum absolute atomic E-state index is 0.0880. The highest BCUT2D eigenvalue weighted by Gasteiger charge is 2.24. The summed E-state index contributed by atoms with van der Waals surface area (Å²) in [5.41, 5.74) is 0.0292. The molecule has 0 aliphatic heterocycles. The van der Waals surface area contributed by atoms with E-state index in [-0.39, 0.29) is 28.5 Å². The van der Waals surface area contributed by atoms with Crippen LogP contribution in [0.15, 0.2) is 30.5 Å². The normalized spacial score (nSPS) is 10.3. The van der Waals surface area contributed by atoms with Crippen LogP contribution in [0.4, 0.5) is 11.4 Å². The number of hydrogen-bond donors (Lipinski definition) is 1. The number of rotatable bonds is 5. The third-order valence-corrected chi connectivity index (χ3v) is 3.34. The summed E-state index contributed by atoms with van der Waals surface area (Å²) in [4.78, 5) is 36.5. The number of benzene rings is 1. The summed E-state index contributed by atoms with van der Waals surface area (Å²) in [6, 6.07) is 5.61. The number of nitrogens with zero attached hydrogens (tertiary/aromatic N) is 4. The number of nitro groups is 1. The van der Waals surface area contributed by atoms with Gasteiger partial charge in [-0.2, -0.15) is 5.10 Å². The molecule has 0 unspecified atom stereocenters. The molecule has 0 spiro atoms. The number of aryl methyl sites for hydroxylation is 1. The van der Waals surface area contributed by atoms with Crippen molar-refractivity contribution in [1.29, 1.82) is 0 Å². The SMILES string of the molecule is CCn1ncc(NC(=O)c2ccccc2[N+](=O)[O-])c1C(=O)N(C)C. The predicted molar refractivity (Wildman–Crippen MR) is 87.0 cm³/mol. The second kappa shape index (κ2) is 6.90. The summed E-state index contributed by atoms with van der Waals surface area (Å²) >= 11 is 0. The molecule has 24 heavy (non-hydrogen) atoms.